The number of rotatable bonds is 3. The van der Waals surface area contributed by atoms with Gasteiger partial charge in [0.15, 0.2) is 0 Å². The van der Waals surface area contributed by atoms with Crippen molar-refractivity contribution < 1.29 is 17.6 Å². The van der Waals surface area contributed by atoms with Crippen LogP contribution in [0.1, 0.15) is 51.2 Å². The van der Waals surface area contributed by atoms with Crippen LogP contribution in [0, 0.1) is 10.8 Å². The van der Waals surface area contributed by atoms with Crippen LogP contribution in [0.3, 0.4) is 0 Å². The van der Waals surface area contributed by atoms with E-state index in [0.29, 0.717) is 0 Å². The summed E-state index contributed by atoms with van der Waals surface area (Å²) in [6.07, 6.45) is -1.74. The first-order valence-electron chi connectivity index (χ1n) is 9.80. The topological polar surface area (TPSA) is 74.3 Å². The molecule has 3 rings (SSSR count). The van der Waals surface area contributed by atoms with Gasteiger partial charge in [0.1, 0.15) is 5.82 Å². The molecule has 0 saturated heterocycles. The maximum Gasteiger partial charge on any atom is 0.393 e. The third-order valence-electron chi connectivity index (χ3n) is 4.70. The highest BCUT2D eigenvalue weighted by molar-refractivity contribution is 6.92. The molecule has 4 N–H and O–H groups in total. The molecule has 0 fully saturated rings. The summed E-state index contributed by atoms with van der Waals surface area (Å²) in [7, 11) is 1.50. The minimum Gasteiger partial charge on any atom is -0.343 e. The van der Waals surface area contributed by atoms with Crippen molar-refractivity contribution in [3.05, 3.63) is 58.6 Å². The number of halogens is 4. The molecule has 174 valence electrons. The van der Waals surface area contributed by atoms with E-state index in [-0.39, 0.29) is 32.6 Å². The van der Waals surface area contributed by atoms with E-state index in [1.807, 2.05) is 27.7 Å². The van der Waals surface area contributed by atoms with E-state index in [0.717, 1.165) is 29.3 Å². The van der Waals surface area contributed by atoms with Gasteiger partial charge in [-0.1, -0.05) is 52.0 Å². The summed E-state index contributed by atoms with van der Waals surface area (Å²) >= 11 is 0. The van der Waals surface area contributed by atoms with Crippen LogP contribution in [0.15, 0.2) is 52.4 Å². The van der Waals surface area contributed by atoms with Gasteiger partial charge in [-0.05, 0) is 30.2 Å². The Morgan fingerprint density at radius 1 is 1.23 bits per heavy atom. The highest BCUT2D eigenvalue weighted by atomic mass is 31.0. The maximum atomic E-state index is 12.8. The molecule has 31 heavy (non-hydrogen) atoms. The van der Waals surface area contributed by atoms with E-state index in [1.54, 1.807) is 18.3 Å². The molecular formula is C22H33F4N4P. The molecule has 1 aliphatic carbocycles. The van der Waals surface area contributed by atoms with Gasteiger partial charge in [0.25, 0.3) is 0 Å². The second-order valence-electron chi connectivity index (χ2n) is 7.27. The largest absolute Gasteiger partial charge is 0.393 e. The van der Waals surface area contributed by atoms with Crippen molar-refractivity contribution in [1.82, 2.24) is 5.32 Å². The molecule has 1 heterocycles. The molecule has 1 aliphatic heterocycles. The molecule has 9 heteroatoms. The SMILES string of the molecule is CC.CC1(C)CC(c2ccc(CC(F)(F)F)cc2)C2=C1N/C(=C\C(=N)F)N=C2.CN.P. The monoisotopic (exact) mass is 460 g/mol. The highest BCUT2D eigenvalue weighted by Crippen LogP contribution is 2.49. The number of allylic oxidation sites excluding steroid dienone is 3. The van der Waals surface area contributed by atoms with Crippen LogP contribution in [0.4, 0.5) is 17.6 Å². The minimum absolute atomic E-state index is 0. The second kappa shape index (κ2) is 12.1. The Bertz CT molecular complexity index is 825. The maximum absolute atomic E-state index is 12.8. The summed E-state index contributed by atoms with van der Waals surface area (Å²) in [5.74, 6) is -0.811. The summed E-state index contributed by atoms with van der Waals surface area (Å²) in [5, 5.41) is 10.0. The molecule has 2 atom stereocenters. The number of nitrogens with one attached hydrogen (secondary N) is 2. The van der Waals surface area contributed by atoms with E-state index in [1.165, 1.54) is 19.2 Å². The number of hydrogen-bond donors (Lipinski definition) is 3. The van der Waals surface area contributed by atoms with Crippen molar-refractivity contribution in [3.8, 4) is 0 Å². The fourth-order valence-corrected chi connectivity index (χ4v) is 3.57. The van der Waals surface area contributed by atoms with Crippen LogP contribution < -0.4 is 11.1 Å². The summed E-state index contributed by atoms with van der Waals surface area (Å²) in [5.41, 5.74) is 7.28. The molecule has 0 radical (unpaired) electrons. The molecule has 2 aliphatic rings. The number of alkyl halides is 3. The Morgan fingerprint density at radius 3 is 2.26 bits per heavy atom. The van der Waals surface area contributed by atoms with Crippen molar-refractivity contribution in [2.45, 2.75) is 52.6 Å². The lowest BCUT2D eigenvalue weighted by molar-refractivity contribution is -0.127. The molecule has 0 saturated carbocycles. The second-order valence-corrected chi connectivity index (χ2v) is 7.27. The van der Waals surface area contributed by atoms with Crippen molar-refractivity contribution in [1.29, 1.82) is 5.41 Å². The van der Waals surface area contributed by atoms with E-state index in [2.05, 4.69) is 16.0 Å². The van der Waals surface area contributed by atoms with E-state index in [9.17, 15) is 17.6 Å². The molecule has 1 aromatic carbocycles. The van der Waals surface area contributed by atoms with Crippen molar-refractivity contribution >= 4 is 22.1 Å². The first-order chi connectivity index (χ1) is 14.0. The van der Waals surface area contributed by atoms with Crippen LogP contribution in [0.5, 0.6) is 0 Å². The van der Waals surface area contributed by atoms with Gasteiger partial charge >= 0.3 is 6.18 Å². The Morgan fingerprint density at radius 2 is 1.77 bits per heavy atom. The number of nitrogens with two attached hydrogens (primary N) is 1. The number of aliphatic imine (C=N–C) groups is 1. The molecule has 4 nitrogen and oxygen atoms in total. The Balaban J connectivity index is 0.00000170. The Labute approximate surface area is 185 Å². The quantitative estimate of drug-likeness (QED) is 0.308. The van der Waals surface area contributed by atoms with Crippen molar-refractivity contribution in [2.75, 3.05) is 7.05 Å². The third-order valence-corrected chi connectivity index (χ3v) is 4.70. The summed E-state index contributed by atoms with van der Waals surface area (Å²) in [4.78, 5) is 4.16. The fourth-order valence-electron chi connectivity index (χ4n) is 3.57. The van der Waals surface area contributed by atoms with Gasteiger partial charge in [0, 0.05) is 29.3 Å². The van der Waals surface area contributed by atoms with Crippen LogP contribution in [-0.4, -0.2) is 25.4 Å². The van der Waals surface area contributed by atoms with E-state index < -0.39 is 18.6 Å². The smallest absolute Gasteiger partial charge is 0.343 e. The zero-order valence-corrected chi connectivity index (χ0v) is 20.1. The van der Waals surface area contributed by atoms with Gasteiger partial charge in [-0.2, -0.15) is 27.5 Å². The highest BCUT2D eigenvalue weighted by Gasteiger charge is 2.41. The van der Waals surface area contributed by atoms with Crippen LogP contribution in [0.2, 0.25) is 0 Å². The average molecular weight is 461 g/mol. The number of benzene rings is 1. The van der Waals surface area contributed by atoms with Gasteiger partial charge < -0.3 is 11.1 Å². The van der Waals surface area contributed by atoms with E-state index in [4.69, 9.17) is 5.41 Å². The predicted molar refractivity (Wildman–Crippen MR) is 125 cm³/mol. The standard InChI is InChI=1S/C19H19F4N3.C2H6.CH5N.H3P/c1-18(2)9-13(12-5-3-11(4-6-12)8-19(21,22)23)14-10-25-16(7-15(20)24)26-17(14)18;2*1-2;/h3-7,10,13,24,26H,8-9H2,1-2H3;1-2H3;2H2,1H3;1H3/b16-7-,24-15?;;;. The lowest BCUT2D eigenvalue weighted by Gasteiger charge is -2.25. The molecule has 0 spiro atoms. The van der Waals surface area contributed by atoms with Crippen molar-refractivity contribution in [2.24, 2.45) is 16.1 Å². The molecule has 2 unspecified atom stereocenters. The first kappa shape index (κ1) is 28.9. The number of nitrogens with zero attached hydrogens (tertiary/aromatic N) is 1. The molecule has 0 amide bonds. The van der Waals surface area contributed by atoms with Gasteiger partial charge in [-0.3, -0.25) is 5.41 Å². The first-order valence-corrected chi connectivity index (χ1v) is 9.80. The van der Waals surface area contributed by atoms with Crippen LogP contribution in [0.25, 0.3) is 0 Å². The normalized spacial score (nSPS) is 19.8. The lowest BCUT2D eigenvalue weighted by Crippen LogP contribution is -2.26. The van der Waals surface area contributed by atoms with Crippen LogP contribution in [-0.2, 0) is 6.42 Å². The number of hydrogen-bond acceptors (Lipinski definition) is 4. The van der Waals surface area contributed by atoms with Gasteiger partial charge in [0.05, 0.1) is 6.42 Å². The van der Waals surface area contributed by atoms with Gasteiger partial charge in [-0.15, -0.1) is 0 Å². The summed E-state index contributed by atoms with van der Waals surface area (Å²) in [6, 6.07) is 6.48. The average Bonchev–Trinajstić information content (AvgIpc) is 2.95. The molecule has 0 bridgehead atoms. The fraction of sp³-hybridized carbons (Fsp3) is 0.455. The minimum atomic E-state index is -4.22. The Hall–Kier alpha value is -2.05. The zero-order valence-electron chi connectivity index (χ0n) is 18.7. The molecular weight excluding hydrogens is 427 g/mol. The Kier molecular flexibility index (Phi) is 11.3. The van der Waals surface area contributed by atoms with Gasteiger partial charge in [0.2, 0.25) is 5.97 Å². The summed E-state index contributed by atoms with van der Waals surface area (Å²) < 4.78 is 50.4. The zero-order chi connectivity index (χ0) is 23.1. The lowest BCUT2D eigenvalue weighted by atomic mass is 9.85. The predicted octanol–water partition coefficient (Wildman–Crippen LogP) is 5.68. The van der Waals surface area contributed by atoms with E-state index >= 15 is 0 Å². The molecule has 0 aromatic heterocycles. The van der Waals surface area contributed by atoms with Gasteiger partial charge in [-0.25, -0.2) is 4.99 Å². The molecule has 1 aromatic rings. The van der Waals surface area contributed by atoms with Crippen LogP contribution >= 0.6 is 9.90 Å². The van der Waals surface area contributed by atoms with Crippen molar-refractivity contribution in [3.63, 3.8) is 0 Å². The third kappa shape index (κ3) is 7.86. The summed E-state index contributed by atoms with van der Waals surface area (Å²) in [6.45, 7) is 8.09.